The molecule has 0 aliphatic carbocycles. The number of hydrogen-bond donors (Lipinski definition) is 2. The van der Waals surface area contributed by atoms with Gasteiger partial charge in [-0.2, -0.15) is 0 Å². The lowest BCUT2D eigenvalue weighted by molar-refractivity contribution is -0.0212. The molecule has 3 nitrogen and oxygen atoms in total. The summed E-state index contributed by atoms with van der Waals surface area (Å²) in [6.45, 7) is 16.9. The van der Waals surface area contributed by atoms with Gasteiger partial charge in [0, 0.05) is 20.2 Å². The molecule has 0 saturated carbocycles. The number of hydrogen-bond acceptors (Lipinski definition) is 4. The van der Waals surface area contributed by atoms with Crippen molar-refractivity contribution in [1.82, 2.24) is 4.90 Å². The van der Waals surface area contributed by atoms with Gasteiger partial charge in [-0.05, 0) is 51.5 Å². The van der Waals surface area contributed by atoms with Crippen LogP contribution >= 0.6 is 12.6 Å². The molecular weight excluding hydrogens is 282 g/mol. The fourth-order valence-electron chi connectivity index (χ4n) is 3.76. The highest BCUT2D eigenvalue weighted by atomic mass is 32.1. The quantitative estimate of drug-likeness (QED) is 0.501. The maximum atomic E-state index is 9.91. The molecule has 0 radical (unpaired) electrons. The molecule has 0 aliphatic rings. The second kappa shape index (κ2) is 7.20. The summed E-state index contributed by atoms with van der Waals surface area (Å²) in [7, 11) is 3.92. The average Bonchev–Trinajstić information content (AvgIpc) is 2.08. The Kier molecular flexibility index (Phi) is 7.28. The van der Waals surface area contributed by atoms with Crippen molar-refractivity contribution in [1.29, 1.82) is 0 Å². The SMILES string of the molecule is COC(C)(C)CC(C)(C)CN(C)CC(C)(C)CC(C)(O)S. The first-order chi connectivity index (χ1) is 9.08. The molecule has 1 unspecified atom stereocenters. The average molecular weight is 320 g/mol. The minimum Gasteiger partial charge on any atom is -0.380 e. The topological polar surface area (TPSA) is 32.7 Å². The second-order valence-corrected chi connectivity index (χ2v) is 10.00. The van der Waals surface area contributed by atoms with Crippen LogP contribution in [0.3, 0.4) is 0 Å². The Hall–Kier alpha value is 0.230. The van der Waals surface area contributed by atoms with Crippen molar-refractivity contribution in [2.45, 2.75) is 71.8 Å². The summed E-state index contributed by atoms with van der Waals surface area (Å²) in [4.78, 5) is 1.43. The van der Waals surface area contributed by atoms with Crippen LogP contribution < -0.4 is 0 Å². The zero-order chi connectivity index (χ0) is 17.1. The van der Waals surface area contributed by atoms with Crippen molar-refractivity contribution < 1.29 is 9.84 Å². The van der Waals surface area contributed by atoms with Crippen LogP contribution in [0.5, 0.6) is 0 Å². The van der Waals surface area contributed by atoms with Gasteiger partial charge >= 0.3 is 0 Å². The minimum atomic E-state index is -0.919. The van der Waals surface area contributed by atoms with Crippen LogP contribution in [0.15, 0.2) is 0 Å². The molecule has 21 heavy (non-hydrogen) atoms. The number of methoxy groups -OCH3 is 1. The first kappa shape index (κ1) is 21.2. The molecule has 0 amide bonds. The third-order valence-electron chi connectivity index (χ3n) is 3.67. The Bertz CT molecular complexity index is 319. The van der Waals surface area contributed by atoms with E-state index < -0.39 is 4.93 Å². The van der Waals surface area contributed by atoms with Gasteiger partial charge in [0.2, 0.25) is 0 Å². The van der Waals surface area contributed by atoms with Crippen molar-refractivity contribution in [3.05, 3.63) is 0 Å². The molecule has 1 N–H and O–H groups in total. The molecule has 0 spiro atoms. The predicted molar refractivity (Wildman–Crippen MR) is 95.0 cm³/mol. The van der Waals surface area contributed by atoms with Gasteiger partial charge in [-0.3, -0.25) is 0 Å². The van der Waals surface area contributed by atoms with Crippen molar-refractivity contribution >= 4 is 12.6 Å². The first-order valence-electron chi connectivity index (χ1n) is 7.76. The van der Waals surface area contributed by atoms with E-state index in [-0.39, 0.29) is 16.4 Å². The fraction of sp³-hybridized carbons (Fsp3) is 1.00. The molecule has 0 aromatic carbocycles. The molecule has 0 rings (SSSR count). The summed E-state index contributed by atoms with van der Waals surface area (Å²) < 4.78 is 5.56. The van der Waals surface area contributed by atoms with Crippen molar-refractivity contribution in [3.63, 3.8) is 0 Å². The lowest BCUT2D eigenvalue weighted by Crippen LogP contribution is -2.42. The maximum absolute atomic E-state index is 9.91. The first-order valence-corrected chi connectivity index (χ1v) is 8.21. The Balaban J connectivity index is 4.58. The van der Waals surface area contributed by atoms with Crippen LogP contribution in [-0.4, -0.2) is 47.8 Å². The third-order valence-corrected chi connectivity index (χ3v) is 3.82. The molecular formula is C17H37NO2S. The van der Waals surface area contributed by atoms with E-state index in [0.717, 1.165) is 19.5 Å². The molecule has 0 fully saturated rings. The van der Waals surface area contributed by atoms with Crippen LogP contribution in [0.4, 0.5) is 0 Å². The van der Waals surface area contributed by atoms with E-state index >= 15 is 0 Å². The molecule has 0 heterocycles. The molecule has 0 aliphatic heterocycles. The van der Waals surface area contributed by atoms with Crippen LogP contribution in [0, 0.1) is 10.8 Å². The zero-order valence-electron chi connectivity index (χ0n) is 15.6. The molecule has 4 heteroatoms. The van der Waals surface area contributed by atoms with Crippen LogP contribution in [0.1, 0.15) is 61.3 Å². The molecule has 128 valence electrons. The van der Waals surface area contributed by atoms with Gasteiger partial charge < -0.3 is 14.7 Å². The summed E-state index contributed by atoms with van der Waals surface area (Å²) in [5.41, 5.74) is 0.0926. The standard InChI is InChI=1S/C17H37NO2S/c1-14(2,10-16(5,6)20-9)12-18(8)13-15(3,4)11-17(7,19)21/h19,21H,10-13H2,1-9H3. The van der Waals surface area contributed by atoms with Gasteiger partial charge in [-0.15, -0.1) is 12.6 Å². The maximum Gasteiger partial charge on any atom is 0.105 e. The monoisotopic (exact) mass is 319 g/mol. The Morgan fingerprint density at radius 2 is 1.29 bits per heavy atom. The Morgan fingerprint density at radius 3 is 1.62 bits per heavy atom. The van der Waals surface area contributed by atoms with Crippen molar-refractivity contribution in [3.8, 4) is 0 Å². The van der Waals surface area contributed by atoms with Gasteiger partial charge in [0.25, 0.3) is 0 Å². The molecule has 0 saturated heterocycles. The summed E-state index contributed by atoms with van der Waals surface area (Å²) >= 11 is 4.25. The lowest BCUT2D eigenvalue weighted by atomic mass is 9.80. The summed E-state index contributed by atoms with van der Waals surface area (Å²) in [6.07, 6.45) is 1.67. The van der Waals surface area contributed by atoms with Gasteiger partial charge in [-0.1, -0.05) is 27.7 Å². The van der Waals surface area contributed by atoms with Crippen molar-refractivity contribution in [2.75, 3.05) is 27.2 Å². The highest BCUT2D eigenvalue weighted by molar-refractivity contribution is 7.81. The highest BCUT2D eigenvalue weighted by Crippen LogP contribution is 2.34. The van der Waals surface area contributed by atoms with Crippen LogP contribution in [0.2, 0.25) is 0 Å². The van der Waals surface area contributed by atoms with E-state index in [1.165, 1.54) is 0 Å². The normalized spacial score (nSPS) is 17.1. The summed E-state index contributed by atoms with van der Waals surface area (Å²) in [5.74, 6) is 0. The number of aliphatic hydroxyl groups is 1. The number of rotatable bonds is 9. The Morgan fingerprint density at radius 1 is 0.905 bits per heavy atom. The molecule has 1 atom stereocenters. The number of thiol groups is 1. The van der Waals surface area contributed by atoms with E-state index in [9.17, 15) is 5.11 Å². The highest BCUT2D eigenvalue weighted by Gasteiger charge is 2.33. The van der Waals surface area contributed by atoms with Gasteiger partial charge in [0.1, 0.15) is 4.93 Å². The van der Waals surface area contributed by atoms with E-state index in [1.54, 1.807) is 14.0 Å². The van der Waals surface area contributed by atoms with Crippen molar-refractivity contribution in [2.24, 2.45) is 10.8 Å². The third kappa shape index (κ3) is 10.6. The predicted octanol–water partition coefficient (Wildman–Crippen LogP) is 3.81. The number of ether oxygens (including phenoxy) is 1. The zero-order valence-corrected chi connectivity index (χ0v) is 16.5. The Labute approximate surface area is 137 Å². The molecule has 0 aromatic rings. The second-order valence-electron chi connectivity index (χ2n) is 9.04. The summed E-state index contributed by atoms with van der Waals surface area (Å²) in [6, 6.07) is 0. The summed E-state index contributed by atoms with van der Waals surface area (Å²) in [5, 5.41) is 9.91. The van der Waals surface area contributed by atoms with Crippen LogP contribution in [-0.2, 0) is 4.74 Å². The lowest BCUT2D eigenvalue weighted by Gasteiger charge is -2.40. The minimum absolute atomic E-state index is 0.0207. The van der Waals surface area contributed by atoms with E-state index in [4.69, 9.17) is 4.74 Å². The largest absolute Gasteiger partial charge is 0.380 e. The van der Waals surface area contributed by atoms with Gasteiger partial charge in [0.15, 0.2) is 0 Å². The van der Waals surface area contributed by atoms with E-state index in [0.29, 0.717) is 6.42 Å². The molecule has 0 bridgehead atoms. The van der Waals surface area contributed by atoms with Crippen LogP contribution in [0.25, 0.3) is 0 Å². The fourth-order valence-corrected chi connectivity index (χ4v) is 4.19. The number of nitrogens with zero attached hydrogens (tertiary/aromatic N) is 1. The van der Waals surface area contributed by atoms with E-state index in [2.05, 4.69) is 66.1 Å². The van der Waals surface area contributed by atoms with E-state index in [1.807, 2.05) is 0 Å². The smallest absolute Gasteiger partial charge is 0.105 e. The van der Waals surface area contributed by atoms with Gasteiger partial charge in [-0.25, -0.2) is 0 Å². The van der Waals surface area contributed by atoms with Gasteiger partial charge in [0.05, 0.1) is 5.60 Å². The molecule has 0 aromatic heterocycles.